The molecule has 6 rings (SSSR count). The third-order valence-electron chi connectivity index (χ3n) is 8.41. The van der Waals surface area contributed by atoms with Crippen molar-refractivity contribution < 1.29 is 24.2 Å². The third-order valence-corrected chi connectivity index (χ3v) is 8.41. The summed E-state index contributed by atoms with van der Waals surface area (Å²) < 4.78 is 13.3. The predicted octanol–water partition coefficient (Wildman–Crippen LogP) is 4.53. The Bertz CT molecular complexity index is 1280. The third kappa shape index (κ3) is 4.65. The Morgan fingerprint density at radius 1 is 1.08 bits per heavy atom. The molecule has 202 valence electrons. The van der Waals surface area contributed by atoms with Crippen molar-refractivity contribution in [1.29, 1.82) is 0 Å². The van der Waals surface area contributed by atoms with E-state index in [2.05, 4.69) is 16.5 Å². The Labute approximate surface area is 222 Å². The molecule has 2 aromatic heterocycles. The summed E-state index contributed by atoms with van der Waals surface area (Å²) in [5.74, 6) is 0.344. The van der Waals surface area contributed by atoms with Crippen molar-refractivity contribution in [1.82, 2.24) is 24.4 Å². The van der Waals surface area contributed by atoms with Crippen LogP contribution in [0.4, 0.5) is 4.79 Å². The molecule has 0 bridgehead atoms. The van der Waals surface area contributed by atoms with Gasteiger partial charge in [0.1, 0.15) is 11.9 Å². The summed E-state index contributed by atoms with van der Waals surface area (Å²) >= 11 is 0. The minimum absolute atomic E-state index is 0.0660. The number of hydrogen-bond donors (Lipinski definition) is 1. The van der Waals surface area contributed by atoms with Crippen LogP contribution in [-0.2, 0) is 22.4 Å². The van der Waals surface area contributed by atoms with Crippen LogP contribution in [-0.4, -0.2) is 60.8 Å². The predicted molar refractivity (Wildman–Crippen MR) is 138 cm³/mol. The molecule has 1 amide bonds. The maximum atomic E-state index is 12.7. The first-order valence-electron chi connectivity index (χ1n) is 13.8. The van der Waals surface area contributed by atoms with Crippen molar-refractivity contribution in [2.45, 2.75) is 95.7 Å². The Balaban J connectivity index is 1.41. The van der Waals surface area contributed by atoms with Crippen LogP contribution in [0.15, 0.2) is 18.1 Å². The summed E-state index contributed by atoms with van der Waals surface area (Å²) in [7, 11) is 1.43. The van der Waals surface area contributed by atoms with Gasteiger partial charge in [-0.05, 0) is 70.3 Å². The van der Waals surface area contributed by atoms with E-state index in [0.29, 0.717) is 25.1 Å². The fourth-order valence-corrected chi connectivity index (χ4v) is 6.41. The molecule has 0 aromatic carbocycles. The Kier molecular flexibility index (Phi) is 6.57. The minimum Gasteiger partial charge on any atom is -0.481 e. The molecular formula is C28H35N5O5. The van der Waals surface area contributed by atoms with Crippen LogP contribution in [0.3, 0.4) is 0 Å². The van der Waals surface area contributed by atoms with Gasteiger partial charge in [-0.1, -0.05) is 6.42 Å². The summed E-state index contributed by atoms with van der Waals surface area (Å²) in [6, 6.07) is 0.139. The van der Waals surface area contributed by atoms with E-state index in [9.17, 15) is 14.7 Å². The van der Waals surface area contributed by atoms with Crippen LogP contribution in [0.1, 0.15) is 93.7 Å². The summed E-state index contributed by atoms with van der Waals surface area (Å²) in [6.07, 6.45) is 12.2. The summed E-state index contributed by atoms with van der Waals surface area (Å²) in [6.45, 7) is 2.06. The molecule has 2 saturated carbocycles. The first-order valence-corrected chi connectivity index (χ1v) is 13.8. The molecule has 2 fully saturated rings. The second-order valence-electron chi connectivity index (χ2n) is 11.0. The average molecular weight is 522 g/mol. The molecule has 3 aliphatic carbocycles. The standard InChI is InChI=1S/C28H35N5O5/c1-16-6-9-21-22(32(16)28(36)37-2)10-11-23-26(21)31-24(33(23)19-5-3-4-17(12-19)27(34)35)13-18-14-29-15-25(30-18)38-20-7-8-20/h14-17,19-20H,3-13H2,1-2H3,(H,34,35)/t16-,17+,19+/m0/s1. The van der Waals surface area contributed by atoms with Gasteiger partial charge in [-0.25, -0.2) is 14.8 Å². The van der Waals surface area contributed by atoms with Crippen molar-refractivity contribution in [2.24, 2.45) is 5.92 Å². The molecule has 38 heavy (non-hydrogen) atoms. The van der Waals surface area contributed by atoms with Crippen molar-refractivity contribution in [2.75, 3.05) is 7.11 Å². The fraction of sp³-hybridized carbons (Fsp3) is 0.607. The zero-order valence-electron chi connectivity index (χ0n) is 22.1. The lowest BCUT2D eigenvalue weighted by atomic mass is 9.84. The molecule has 10 nitrogen and oxygen atoms in total. The normalized spacial score (nSPS) is 25.0. The van der Waals surface area contributed by atoms with Gasteiger partial charge in [0, 0.05) is 29.7 Å². The molecule has 4 aliphatic rings. The van der Waals surface area contributed by atoms with Gasteiger partial charge in [-0.2, -0.15) is 0 Å². The summed E-state index contributed by atoms with van der Waals surface area (Å²) in [5.41, 5.74) is 4.98. The van der Waals surface area contributed by atoms with E-state index in [1.165, 1.54) is 7.11 Å². The van der Waals surface area contributed by atoms with Crippen LogP contribution >= 0.6 is 0 Å². The number of nitrogens with zero attached hydrogens (tertiary/aromatic N) is 5. The second-order valence-corrected chi connectivity index (χ2v) is 11.0. The molecular weight excluding hydrogens is 486 g/mol. The minimum atomic E-state index is -0.721. The van der Waals surface area contributed by atoms with Crippen molar-refractivity contribution >= 4 is 17.6 Å². The largest absolute Gasteiger partial charge is 0.481 e. The van der Waals surface area contributed by atoms with Gasteiger partial charge in [0.15, 0.2) is 0 Å². The van der Waals surface area contributed by atoms with Crippen LogP contribution < -0.4 is 4.74 Å². The van der Waals surface area contributed by atoms with Crippen LogP contribution in [0.5, 0.6) is 5.88 Å². The second kappa shape index (κ2) is 10.0. The quantitative estimate of drug-likeness (QED) is 0.589. The van der Waals surface area contributed by atoms with Gasteiger partial charge in [-0.15, -0.1) is 0 Å². The number of hydrogen-bond acceptors (Lipinski definition) is 7. The highest BCUT2D eigenvalue weighted by molar-refractivity contribution is 5.79. The number of rotatable bonds is 6. The van der Waals surface area contributed by atoms with E-state index in [1.54, 1.807) is 17.3 Å². The Morgan fingerprint density at radius 2 is 1.92 bits per heavy atom. The number of carboxylic acids is 1. The fourth-order valence-electron chi connectivity index (χ4n) is 6.41. The van der Waals surface area contributed by atoms with Gasteiger partial charge in [-0.3, -0.25) is 14.7 Å². The molecule has 0 unspecified atom stereocenters. The summed E-state index contributed by atoms with van der Waals surface area (Å²) in [5, 5.41) is 9.77. The van der Waals surface area contributed by atoms with Crippen LogP contribution in [0.25, 0.3) is 5.57 Å². The number of imidazole rings is 1. The Morgan fingerprint density at radius 3 is 2.68 bits per heavy atom. The highest BCUT2D eigenvalue weighted by Crippen LogP contribution is 2.44. The number of carbonyl (C=O) groups is 2. The topological polar surface area (TPSA) is 120 Å². The van der Waals surface area contributed by atoms with Gasteiger partial charge < -0.3 is 19.1 Å². The van der Waals surface area contributed by atoms with Crippen LogP contribution in [0.2, 0.25) is 0 Å². The highest BCUT2D eigenvalue weighted by atomic mass is 16.5. The lowest BCUT2D eigenvalue weighted by molar-refractivity contribution is -0.143. The number of aliphatic carboxylic acids is 1. The average Bonchev–Trinajstić information content (AvgIpc) is 3.65. The molecule has 0 spiro atoms. The van der Waals surface area contributed by atoms with E-state index in [4.69, 9.17) is 19.4 Å². The lowest BCUT2D eigenvalue weighted by Crippen LogP contribution is -2.42. The maximum absolute atomic E-state index is 12.7. The van der Waals surface area contributed by atoms with E-state index in [-0.39, 0.29) is 30.2 Å². The van der Waals surface area contributed by atoms with Crippen LogP contribution in [0, 0.1) is 5.92 Å². The van der Waals surface area contributed by atoms with Gasteiger partial charge in [0.05, 0.1) is 37.0 Å². The van der Waals surface area contributed by atoms with E-state index in [1.807, 2.05) is 0 Å². The number of methoxy groups -OCH3 is 1. The number of amides is 1. The molecule has 2 aromatic rings. The van der Waals surface area contributed by atoms with E-state index < -0.39 is 5.97 Å². The molecule has 0 radical (unpaired) electrons. The van der Waals surface area contributed by atoms with E-state index in [0.717, 1.165) is 85.5 Å². The number of allylic oxidation sites excluding steroid dienone is 2. The van der Waals surface area contributed by atoms with Gasteiger partial charge in [0.2, 0.25) is 5.88 Å². The zero-order chi connectivity index (χ0) is 26.4. The molecule has 1 aliphatic heterocycles. The van der Waals surface area contributed by atoms with Crippen molar-refractivity contribution in [3.8, 4) is 5.88 Å². The van der Waals surface area contributed by atoms with Gasteiger partial charge >= 0.3 is 12.1 Å². The number of aromatic nitrogens is 4. The van der Waals surface area contributed by atoms with Crippen molar-refractivity contribution in [3.63, 3.8) is 0 Å². The molecule has 0 saturated heterocycles. The number of carboxylic acid groups (broad SMARTS) is 1. The SMILES string of the molecule is COC(=O)N1C2=C(CC[C@@H]1C)c1nc(Cc3cncc(OC4CC4)n3)n([C@@H]3CCC[C@@H](C(=O)O)C3)c1CC2. The molecule has 3 atom stereocenters. The Hall–Kier alpha value is -3.43. The molecule has 10 heteroatoms. The monoisotopic (exact) mass is 521 g/mol. The van der Waals surface area contributed by atoms with Gasteiger partial charge in [0.25, 0.3) is 0 Å². The molecule has 3 heterocycles. The lowest BCUT2D eigenvalue weighted by Gasteiger charge is -2.38. The smallest absolute Gasteiger partial charge is 0.413 e. The zero-order valence-corrected chi connectivity index (χ0v) is 22.1. The summed E-state index contributed by atoms with van der Waals surface area (Å²) in [4.78, 5) is 40.6. The number of carbonyl (C=O) groups excluding carboxylic acids is 1. The first kappa shape index (κ1) is 24.9. The first-order chi connectivity index (χ1) is 18.4. The van der Waals surface area contributed by atoms with Crippen molar-refractivity contribution in [3.05, 3.63) is 41.0 Å². The highest BCUT2D eigenvalue weighted by Gasteiger charge is 2.39. The number of fused-ring (bicyclic) bond motifs is 2. The van der Waals surface area contributed by atoms with E-state index >= 15 is 0 Å². The number of ether oxygens (including phenoxy) is 2. The maximum Gasteiger partial charge on any atom is 0.413 e. The molecule has 1 N–H and O–H groups in total.